The van der Waals surface area contributed by atoms with E-state index in [-0.39, 0.29) is 0 Å². The zero-order valence-electron chi connectivity index (χ0n) is 16.2. The molecule has 1 aliphatic rings. The lowest BCUT2D eigenvalue weighted by atomic mass is 10.1. The zero-order valence-corrected chi connectivity index (χ0v) is 16.2. The number of aliphatic imine (C=N–C) groups is 1. The van der Waals surface area contributed by atoms with Crippen LogP contribution in [0.3, 0.4) is 0 Å². The number of ether oxygens (including phenoxy) is 3. The van der Waals surface area contributed by atoms with E-state index in [1.165, 1.54) is 11.1 Å². The molecule has 1 aliphatic heterocycles. The Kier molecular flexibility index (Phi) is 6.41. The van der Waals surface area contributed by atoms with Gasteiger partial charge in [0.05, 0.1) is 7.11 Å². The zero-order chi connectivity index (χ0) is 19.1. The molecule has 0 saturated carbocycles. The standard InChI is InChI=1S/C21H27N3O3/c1-15-4-5-16(12-19(15)25-3)8-10-23-21(22-2)24-11-9-17-6-7-18-20(13-17)27-14-26-18/h4-7,12-13H,8-11,14H2,1-3H3,(H2,22,23,24). The highest BCUT2D eigenvalue weighted by molar-refractivity contribution is 5.79. The van der Waals surface area contributed by atoms with Crippen molar-refractivity contribution < 1.29 is 14.2 Å². The van der Waals surface area contributed by atoms with E-state index in [4.69, 9.17) is 14.2 Å². The summed E-state index contributed by atoms with van der Waals surface area (Å²) in [7, 11) is 3.49. The van der Waals surface area contributed by atoms with E-state index in [2.05, 4.69) is 39.9 Å². The van der Waals surface area contributed by atoms with Gasteiger partial charge in [-0.05, 0) is 54.7 Å². The van der Waals surface area contributed by atoms with Crippen molar-refractivity contribution in [3.05, 3.63) is 53.1 Å². The van der Waals surface area contributed by atoms with E-state index in [9.17, 15) is 0 Å². The van der Waals surface area contributed by atoms with Gasteiger partial charge in [0, 0.05) is 20.1 Å². The predicted molar refractivity (Wildman–Crippen MR) is 107 cm³/mol. The van der Waals surface area contributed by atoms with Crippen LogP contribution in [0.5, 0.6) is 17.2 Å². The van der Waals surface area contributed by atoms with E-state index < -0.39 is 0 Å². The number of hydrogen-bond acceptors (Lipinski definition) is 4. The highest BCUT2D eigenvalue weighted by atomic mass is 16.7. The summed E-state index contributed by atoms with van der Waals surface area (Å²) in [5.41, 5.74) is 3.59. The van der Waals surface area contributed by atoms with Crippen LogP contribution in [0.15, 0.2) is 41.4 Å². The Morgan fingerprint density at radius 2 is 1.67 bits per heavy atom. The first-order chi connectivity index (χ1) is 13.2. The normalized spacial score (nSPS) is 12.8. The van der Waals surface area contributed by atoms with Crippen molar-refractivity contribution in [2.75, 3.05) is 34.0 Å². The fourth-order valence-corrected chi connectivity index (χ4v) is 2.99. The van der Waals surface area contributed by atoms with Gasteiger partial charge in [-0.15, -0.1) is 0 Å². The van der Waals surface area contributed by atoms with E-state index in [0.29, 0.717) is 6.79 Å². The lowest BCUT2D eigenvalue weighted by molar-refractivity contribution is 0.174. The molecule has 2 aromatic carbocycles. The maximum Gasteiger partial charge on any atom is 0.231 e. The lowest BCUT2D eigenvalue weighted by Gasteiger charge is -2.13. The molecule has 27 heavy (non-hydrogen) atoms. The summed E-state index contributed by atoms with van der Waals surface area (Å²) >= 11 is 0. The van der Waals surface area contributed by atoms with Crippen LogP contribution in [0.25, 0.3) is 0 Å². The Morgan fingerprint density at radius 1 is 1.00 bits per heavy atom. The van der Waals surface area contributed by atoms with Crippen LogP contribution in [0.2, 0.25) is 0 Å². The molecule has 0 unspecified atom stereocenters. The second kappa shape index (κ2) is 9.16. The number of rotatable bonds is 7. The molecule has 6 heteroatoms. The second-order valence-electron chi connectivity index (χ2n) is 6.42. The van der Waals surface area contributed by atoms with Crippen molar-refractivity contribution in [1.82, 2.24) is 10.6 Å². The Hall–Kier alpha value is -2.89. The molecule has 144 valence electrons. The van der Waals surface area contributed by atoms with Crippen molar-refractivity contribution in [3.8, 4) is 17.2 Å². The third kappa shape index (κ3) is 5.06. The van der Waals surface area contributed by atoms with Crippen molar-refractivity contribution >= 4 is 5.96 Å². The Labute approximate surface area is 160 Å². The van der Waals surface area contributed by atoms with Crippen LogP contribution in [0.4, 0.5) is 0 Å². The van der Waals surface area contributed by atoms with E-state index in [1.807, 2.05) is 19.1 Å². The summed E-state index contributed by atoms with van der Waals surface area (Å²) in [6, 6.07) is 12.4. The van der Waals surface area contributed by atoms with Crippen molar-refractivity contribution in [2.45, 2.75) is 19.8 Å². The van der Waals surface area contributed by atoms with Gasteiger partial charge in [-0.25, -0.2) is 0 Å². The molecule has 0 amide bonds. The van der Waals surface area contributed by atoms with E-state index in [1.54, 1.807) is 14.2 Å². The maximum atomic E-state index is 5.42. The molecule has 0 radical (unpaired) electrons. The van der Waals surface area contributed by atoms with Crippen molar-refractivity contribution in [2.24, 2.45) is 4.99 Å². The van der Waals surface area contributed by atoms with E-state index >= 15 is 0 Å². The SMILES string of the molecule is CN=C(NCCc1ccc(C)c(OC)c1)NCCc1ccc2c(c1)OCO2. The van der Waals surface area contributed by atoms with Gasteiger partial charge in [-0.1, -0.05) is 18.2 Å². The third-order valence-corrected chi connectivity index (χ3v) is 4.55. The molecule has 6 nitrogen and oxygen atoms in total. The van der Waals surface area contributed by atoms with Gasteiger partial charge in [0.1, 0.15) is 5.75 Å². The summed E-state index contributed by atoms with van der Waals surface area (Å²) in [5.74, 6) is 3.37. The number of methoxy groups -OCH3 is 1. The Bertz CT molecular complexity index is 786. The monoisotopic (exact) mass is 369 g/mol. The van der Waals surface area contributed by atoms with Crippen molar-refractivity contribution in [3.63, 3.8) is 0 Å². The number of guanidine groups is 1. The molecule has 2 N–H and O–H groups in total. The first-order valence-corrected chi connectivity index (χ1v) is 9.16. The molecule has 3 rings (SSSR count). The van der Waals surface area contributed by atoms with Crippen molar-refractivity contribution in [1.29, 1.82) is 0 Å². The van der Waals surface area contributed by atoms with Gasteiger partial charge in [-0.3, -0.25) is 4.99 Å². The summed E-state index contributed by atoms with van der Waals surface area (Å²) in [6.45, 7) is 3.95. The van der Waals surface area contributed by atoms with Gasteiger partial charge < -0.3 is 24.8 Å². The fourth-order valence-electron chi connectivity index (χ4n) is 2.99. The topological polar surface area (TPSA) is 64.1 Å². The molecule has 0 atom stereocenters. The molecular weight excluding hydrogens is 342 g/mol. The van der Waals surface area contributed by atoms with Gasteiger partial charge in [-0.2, -0.15) is 0 Å². The first-order valence-electron chi connectivity index (χ1n) is 9.16. The van der Waals surface area contributed by atoms with Gasteiger partial charge in [0.2, 0.25) is 6.79 Å². The average Bonchev–Trinajstić information content (AvgIpc) is 3.16. The largest absolute Gasteiger partial charge is 0.496 e. The van der Waals surface area contributed by atoms with Crippen LogP contribution < -0.4 is 24.8 Å². The third-order valence-electron chi connectivity index (χ3n) is 4.55. The lowest BCUT2D eigenvalue weighted by Crippen LogP contribution is -2.39. The Morgan fingerprint density at radius 3 is 2.37 bits per heavy atom. The van der Waals surface area contributed by atoms with Crippen LogP contribution in [-0.2, 0) is 12.8 Å². The minimum Gasteiger partial charge on any atom is -0.496 e. The van der Waals surface area contributed by atoms with Crippen LogP contribution in [-0.4, -0.2) is 40.0 Å². The van der Waals surface area contributed by atoms with Gasteiger partial charge >= 0.3 is 0 Å². The van der Waals surface area contributed by atoms with Crippen LogP contribution in [0, 0.1) is 6.92 Å². The van der Waals surface area contributed by atoms with Crippen LogP contribution in [0.1, 0.15) is 16.7 Å². The average molecular weight is 369 g/mol. The molecule has 0 spiro atoms. The van der Waals surface area contributed by atoms with E-state index in [0.717, 1.165) is 54.7 Å². The molecule has 0 fully saturated rings. The second-order valence-corrected chi connectivity index (χ2v) is 6.42. The molecule has 0 bridgehead atoms. The highest BCUT2D eigenvalue weighted by Crippen LogP contribution is 2.32. The molecular formula is C21H27N3O3. The number of nitrogens with one attached hydrogen (secondary N) is 2. The summed E-state index contributed by atoms with van der Waals surface area (Å²) < 4.78 is 16.1. The number of benzene rings is 2. The quantitative estimate of drug-likeness (QED) is 0.580. The van der Waals surface area contributed by atoms with Gasteiger partial charge in [0.15, 0.2) is 17.5 Å². The molecule has 2 aromatic rings. The first kappa shape index (κ1) is 18.9. The Balaban J connectivity index is 1.42. The number of hydrogen-bond donors (Lipinski definition) is 2. The number of aryl methyl sites for hydroxylation is 1. The molecule has 0 aliphatic carbocycles. The van der Waals surface area contributed by atoms with Gasteiger partial charge in [0.25, 0.3) is 0 Å². The minimum absolute atomic E-state index is 0.306. The fraction of sp³-hybridized carbons (Fsp3) is 0.381. The highest BCUT2D eigenvalue weighted by Gasteiger charge is 2.12. The summed E-state index contributed by atoms with van der Waals surface area (Å²) in [6.07, 6.45) is 1.78. The molecule has 0 saturated heterocycles. The molecule has 1 heterocycles. The van der Waals surface area contributed by atoms with Crippen LogP contribution >= 0.6 is 0 Å². The maximum absolute atomic E-state index is 5.42. The number of nitrogens with zero attached hydrogens (tertiary/aromatic N) is 1. The summed E-state index contributed by atoms with van der Waals surface area (Å²) in [5, 5.41) is 6.70. The predicted octanol–water partition coefficient (Wildman–Crippen LogP) is 2.68. The minimum atomic E-state index is 0.306. The smallest absolute Gasteiger partial charge is 0.231 e. The molecule has 0 aromatic heterocycles. The number of fused-ring (bicyclic) bond motifs is 1. The summed E-state index contributed by atoms with van der Waals surface area (Å²) in [4.78, 5) is 4.28.